The van der Waals surface area contributed by atoms with E-state index in [1.807, 2.05) is 0 Å². The van der Waals surface area contributed by atoms with Crippen LogP contribution in [0.5, 0.6) is 0 Å². The topological polar surface area (TPSA) is 26.0 Å². The average Bonchev–Trinajstić information content (AvgIpc) is 2.17. The van der Waals surface area contributed by atoms with Crippen molar-refractivity contribution in [3.8, 4) is 0 Å². The lowest BCUT2D eigenvalue weighted by Crippen LogP contribution is -2.52. The summed E-state index contributed by atoms with van der Waals surface area (Å²) in [5.74, 6) is -2.13. The van der Waals surface area contributed by atoms with Crippen LogP contribution < -0.4 is 5.73 Å². The van der Waals surface area contributed by atoms with Crippen LogP contribution in [-0.2, 0) is 0 Å². The van der Waals surface area contributed by atoms with E-state index in [1.54, 1.807) is 6.08 Å². The summed E-state index contributed by atoms with van der Waals surface area (Å²) in [5.41, 5.74) is 5.47. The lowest BCUT2D eigenvalue weighted by Gasteiger charge is -2.57. The van der Waals surface area contributed by atoms with Crippen LogP contribution in [0.1, 0.15) is 26.7 Å². The van der Waals surface area contributed by atoms with Crippen LogP contribution in [0.4, 0.5) is 8.78 Å². The Labute approximate surface area is 83.4 Å². The van der Waals surface area contributed by atoms with Crippen molar-refractivity contribution in [1.82, 2.24) is 0 Å². The number of hydrogen-bond donors (Lipinski definition) is 1. The Bertz CT molecular complexity index is 281. The molecule has 0 heterocycles. The summed E-state index contributed by atoms with van der Waals surface area (Å²) in [6.07, 6.45) is 3.44. The minimum atomic E-state index is -2.78. The van der Waals surface area contributed by atoms with Gasteiger partial charge in [-0.3, -0.25) is 0 Å². The van der Waals surface area contributed by atoms with Gasteiger partial charge in [0.2, 0.25) is 0 Å². The van der Waals surface area contributed by atoms with E-state index in [1.165, 1.54) is 0 Å². The molecule has 2 N–H and O–H groups in total. The van der Waals surface area contributed by atoms with Gasteiger partial charge < -0.3 is 5.73 Å². The molecule has 0 aromatic rings. The van der Waals surface area contributed by atoms with E-state index in [-0.39, 0.29) is 11.3 Å². The van der Waals surface area contributed by atoms with Crippen molar-refractivity contribution in [3.05, 3.63) is 11.6 Å². The van der Waals surface area contributed by atoms with Crippen molar-refractivity contribution in [2.45, 2.75) is 32.6 Å². The minimum Gasteiger partial charge on any atom is -0.325 e. The number of hydrogen-bond acceptors (Lipinski definition) is 1. The Morgan fingerprint density at radius 3 is 2.64 bits per heavy atom. The highest BCUT2D eigenvalue weighted by Crippen LogP contribution is 2.61. The maximum absolute atomic E-state index is 13.5. The predicted octanol–water partition coefficient (Wildman–Crippen LogP) is 2.57. The van der Waals surface area contributed by atoms with Crippen molar-refractivity contribution in [1.29, 1.82) is 0 Å². The van der Waals surface area contributed by atoms with E-state index in [0.29, 0.717) is 11.5 Å². The molecular weight excluding hydrogens is 184 g/mol. The summed E-state index contributed by atoms with van der Waals surface area (Å²) < 4.78 is 26.9. The van der Waals surface area contributed by atoms with E-state index in [2.05, 4.69) is 13.8 Å². The van der Waals surface area contributed by atoms with Gasteiger partial charge in [-0.05, 0) is 35.7 Å². The smallest absolute Gasteiger partial charge is 0.281 e. The molecule has 1 saturated carbocycles. The molecule has 2 unspecified atom stereocenters. The first kappa shape index (κ1) is 10.1. The molecule has 3 aliphatic carbocycles. The zero-order chi connectivity index (χ0) is 10.6. The molecule has 1 fully saturated rings. The van der Waals surface area contributed by atoms with Crippen LogP contribution in [-0.4, -0.2) is 12.5 Å². The number of nitrogens with two attached hydrogens (primary N) is 1. The first-order valence-electron chi connectivity index (χ1n) is 5.18. The molecule has 3 heteroatoms. The fraction of sp³-hybridized carbons (Fsp3) is 0.818. The van der Waals surface area contributed by atoms with Gasteiger partial charge >= 0.3 is 0 Å². The number of allylic oxidation sites excluding steroid dienone is 1. The third kappa shape index (κ3) is 1.14. The molecule has 80 valence electrons. The van der Waals surface area contributed by atoms with Gasteiger partial charge in [0.05, 0.1) is 6.54 Å². The second-order valence-corrected chi connectivity index (χ2v) is 5.11. The molecule has 0 aromatic carbocycles. The first-order valence-corrected chi connectivity index (χ1v) is 5.18. The zero-order valence-electron chi connectivity index (χ0n) is 8.69. The highest BCUT2D eigenvalue weighted by atomic mass is 19.3. The highest BCUT2D eigenvalue weighted by Gasteiger charge is 2.56. The Kier molecular flexibility index (Phi) is 2.01. The molecule has 3 aliphatic rings. The summed E-state index contributed by atoms with van der Waals surface area (Å²) in [5, 5.41) is 0. The molecular formula is C11H17F2N. The highest BCUT2D eigenvalue weighted by molar-refractivity contribution is 5.28. The molecule has 2 atom stereocenters. The van der Waals surface area contributed by atoms with Crippen LogP contribution in [0.2, 0.25) is 0 Å². The van der Waals surface area contributed by atoms with Gasteiger partial charge in [-0.1, -0.05) is 19.9 Å². The number of halogens is 2. The monoisotopic (exact) mass is 201 g/mol. The fourth-order valence-corrected chi connectivity index (χ4v) is 2.88. The predicted molar refractivity (Wildman–Crippen MR) is 52.1 cm³/mol. The molecule has 1 nitrogen and oxygen atoms in total. The van der Waals surface area contributed by atoms with Gasteiger partial charge in [-0.25, -0.2) is 8.78 Å². The normalized spacial score (nSPS) is 34.8. The molecule has 0 radical (unpaired) electrons. The largest absolute Gasteiger partial charge is 0.325 e. The Balaban J connectivity index is 2.27. The number of alkyl halides is 2. The summed E-state index contributed by atoms with van der Waals surface area (Å²) in [6, 6.07) is 0. The van der Waals surface area contributed by atoms with Crippen LogP contribution in [0.3, 0.4) is 0 Å². The standard InChI is InChI=1S/C11H17F2N/c1-10(2)7-3-4-8(9(10)5-7)11(12,13)6-14/h4,7,9H,3,5-6,14H2,1-2H3. The molecule has 0 amide bonds. The quantitative estimate of drug-likeness (QED) is 0.683. The maximum atomic E-state index is 13.5. The molecule has 0 spiro atoms. The van der Waals surface area contributed by atoms with Crippen molar-refractivity contribution in [2.24, 2.45) is 23.0 Å². The lowest BCUT2D eigenvalue weighted by atomic mass is 9.48. The maximum Gasteiger partial charge on any atom is 0.281 e. The van der Waals surface area contributed by atoms with Crippen LogP contribution in [0.25, 0.3) is 0 Å². The summed E-state index contributed by atoms with van der Waals surface area (Å²) in [4.78, 5) is 0. The van der Waals surface area contributed by atoms with Crippen molar-refractivity contribution < 1.29 is 8.78 Å². The van der Waals surface area contributed by atoms with Crippen molar-refractivity contribution in [3.63, 3.8) is 0 Å². The van der Waals surface area contributed by atoms with Crippen molar-refractivity contribution >= 4 is 0 Å². The first-order chi connectivity index (χ1) is 6.39. The van der Waals surface area contributed by atoms with Gasteiger partial charge in [0.25, 0.3) is 5.92 Å². The second-order valence-electron chi connectivity index (χ2n) is 5.11. The molecule has 2 bridgehead atoms. The summed E-state index contributed by atoms with van der Waals surface area (Å²) in [6.45, 7) is 3.62. The molecule has 0 aliphatic heterocycles. The van der Waals surface area contributed by atoms with Gasteiger partial charge in [0.1, 0.15) is 0 Å². The van der Waals surface area contributed by atoms with Gasteiger partial charge in [-0.15, -0.1) is 0 Å². The van der Waals surface area contributed by atoms with Crippen LogP contribution in [0, 0.1) is 17.3 Å². The van der Waals surface area contributed by atoms with E-state index >= 15 is 0 Å². The Morgan fingerprint density at radius 1 is 1.57 bits per heavy atom. The summed E-state index contributed by atoms with van der Waals surface area (Å²) in [7, 11) is 0. The van der Waals surface area contributed by atoms with E-state index in [0.717, 1.165) is 12.8 Å². The number of rotatable bonds is 2. The molecule has 3 rings (SSSR count). The molecule has 0 saturated heterocycles. The van der Waals surface area contributed by atoms with Gasteiger partial charge in [-0.2, -0.15) is 0 Å². The third-order valence-corrected chi connectivity index (χ3v) is 4.15. The second kappa shape index (κ2) is 2.78. The average molecular weight is 201 g/mol. The Hall–Kier alpha value is -0.440. The van der Waals surface area contributed by atoms with Crippen molar-refractivity contribution in [2.75, 3.05) is 6.54 Å². The Morgan fingerprint density at radius 2 is 2.21 bits per heavy atom. The summed E-state index contributed by atoms with van der Waals surface area (Å²) >= 11 is 0. The van der Waals surface area contributed by atoms with E-state index in [9.17, 15) is 8.78 Å². The number of fused-ring (bicyclic) bond motifs is 1. The minimum absolute atomic E-state index is 0.0554. The molecule has 0 aromatic heterocycles. The molecule has 14 heavy (non-hydrogen) atoms. The van der Waals surface area contributed by atoms with Crippen LogP contribution >= 0.6 is 0 Å². The fourth-order valence-electron chi connectivity index (χ4n) is 2.88. The van der Waals surface area contributed by atoms with Gasteiger partial charge in [0, 0.05) is 0 Å². The van der Waals surface area contributed by atoms with E-state index < -0.39 is 12.5 Å². The van der Waals surface area contributed by atoms with Crippen LogP contribution in [0.15, 0.2) is 11.6 Å². The lowest BCUT2D eigenvalue weighted by molar-refractivity contribution is -0.0547. The zero-order valence-corrected chi connectivity index (χ0v) is 8.69. The third-order valence-electron chi connectivity index (χ3n) is 4.15. The van der Waals surface area contributed by atoms with E-state index in [4.69, 9.17) is 5.73 Å². The SMILES string of the molecule is CC1(C)C2CC=C(C(F)(F)CN)C1C2. The van der Waals surface area contributed by atoms with Gasteiger partial charge in [0.15, 0.2) is 0 Å².